The van der Waals surface area contributed by atoms with E-state index in [1.54, 1.807) is 25.1 Å². The van der Waals surface area contributed by atoms with Gasteiger partial charge in [0.05, 0.1) is 0 Å². The Kier molecular flexibility index (Phi) is 3.38. The van der Waals surface area contributed by atoms with Crippen LogP contribution >= 0.6 is 0 Å². The molecule has 0 aliphatic rings. The molecule has 0 aliphatic heterocycles. The van der Waals surface area contributed by atoms with Gasteiger partial charge in [0.25, 0.3) is 0 Å². The zero-order valence-corrected chi connectivity index (χ0v) is 9.50. The number of hydrogen-bond acceptors (Lipinski definition) is 1. The standard InChI is InChI=1S/C14H13F2N/c1-10-7-13(5-6-14(10)16)17-9-11-3-2-4-12(15)8-11/h2-8,17H,9H2,1H3. The van der Waals surface area contributed by atoms with Crippen molar-refractivity contribution in [1.29, 1.82) is 0 Å². The van der Waals surface area contributed by atoms with E-state index in [0.29, 0.717) is 12.1 Å². The van der Waals surface area contributed by atoms with E-state index in [-0.39, 0.29) is 11.6 Å². The summed E-state index contributed by atoms with van der Waals surface area (Å²) in [4.78, 5) is 0. The maximum atomic E-state index is 13.0. The maximum absolute atomic E-state index is 13.0. The smallest absolute Gasteiger partial charge is 0.126 e. The van der Waals surface area contributed by atoms with E-state index in [2.05, 4.69) is 5.32 Å². The lowest BCUT2D eigenvalue weighted by molar-refractivity contribution is 0.618. The molecule has 1 nitrogen and oxygen atoms in total. The highest BCUT2D eigenvalue weighted by Crippen LogP contribution is 2.15. The fraction of sp³-hybridized carbons (Fsp3) is 0.143. The second-order valence-electron chi connectivity index (χ2n) is 3.95. The minimum Gasteiger partial charge on any atom is -0.381 e. The average molecular weight is 233 g/mol. The lowest BCUT2D eigenvalue weighted by Gasteiger charge is -2.07. The molecule has 0 aliphatic carbocycles. The third kappa shape index (κ3) is 3.03. The van der Waals surface area contributed by atoms with Crippen molar-refractivity contribution < 1.29 is 8.78 Å². The quantitative estimate of drug-likeness (QED) is 0.848. The lowest BCUT2D eigenvalue weighted by atomic mass is 10.2. The molecule has 2 aromatic carbocycles. The minimum atomic E-state index is -0.250. The van der Waals surface area contributed by atoms with Crippen LogP contribution in [0, 0.1) is 18.6 Å². The fourth-order valence-electron chi connectivity index (χ4n) is 1.61. The monoisotopic (exact) mass is 233 g/mol. The van der Waals surface area contributed by atoms with E-state index in [1.807, 2.05) is 6.07 Å². The molecule has 0 saturated carbocycles. The van der Waals surface area contributed by atoms with Crippen LogP contribution in [0.2, 0.25) is 0 Å². The van der Waals surface area contributed by atoms with Crippen molar-refractivity contribution in [2.45, 2.75) is 13.5 Å². The van der Waals surface area contributed by atoms with Gasteiger partial charge < -0.3 is 5.32 Å². The van der Waals surface area contributed by atoms with Crippen molar-refractivity contribution in [3.63, 3.8) is 0 Å². The first kappa shape index (κ1) is 11.6. The Labute approximate surface area is 99.1 Å². The molecule has 17 heavy (non-hydrogen) atoms. The predicted molar refractivity (Wildman–Crippen MR) is 64.9 cm³/mol. The summed E-state index contributed by atoms with van der Waals surface area (Å²) in [6.07, 6.45) is 0. The first-order valence-corrected chi connectivity index (χ1v) is 5.39. The van der Waals surface area contributed by atoms with Crippen LogP contribution in [0.4, 0.5) is 14.5 Å². The van der Waals surface area contributed by atoms with Gasteiger partial charge in [0.2, 0.25) is 0 Å². The van der Waals surface area contributed by atoms with Crippen LogP contribution in [0.5, 0.6) is 0 Å². The third-order valence-corrected chi connectivity index (χ3v) is 2.54. The van der Waals surface area contributed by atoms with Crippen molar-refractivity contribution in [2.24, 2.45) is 0 Å². The van der Waals surface area contributed by atoms with Gasteiger partial charge in [0.15, 0.2) is 0 Å². The molecule has 0 radical (unpaired) electrons. The van der Waals surface area contributed by atoms with Gasteiger partial charge in [0.1, 0.15) is 11.6 Å². The van der Waals surface area contributed by atoms with Gasteiger partial charge in [-0.05, 0) is 48.4 Å². The predicted octanol–water partition coefficient (Wildman–Crippen LogP) is 3.89. The van der Waals surface area contributed by atoms with Gasteiger partial charge in [-0.15, -0.1) is 0 Å². The Hall–Kier alpha value is -1.90. The summed E-state index contributed by atoms with van der Waals surface area (Å²) in [7, 11) is 0. The normalized spacial score (nSPS) is 10.3. The number of hydrogen-bond donors (Lipinski definition) is 1. The summed E-state index contributed by atoms with van der Waals surface area (Å²) in [5, 5.41) is 3.12. The fourth-order valence-corrected chi connectivity index (χ4v) is 1.61. The van der Waals surface area contributed by atoms with Crippen molar-refractivity contribution in [3.05, 3.63) is 65.2 Å². The van der Waals surface area contributed by atoms with Crippen molar-refractivity contribution >= 4 is 5.69 Å². The number of benzene rings is 2. The topological polar surface area (TPSA) is 12.0 Å². The Balaban J connectivity index is 2.05. The van der Waals surface area contributed by atoms with E-state index in [4.69, 9.17) is 0 Å². The minimum absolute atomic E-state index is 0.221. The Morgan fingerprint density at radius 2 is 1.88 bits per heavy atom. The summed E-state index contributed by atoms with van der Waals surface area (Å²) in [5.74, 6) is -0.471. The highest BCUT2D eigenvalue weighted by atomic mass is 19.1. The van der Waals surface area contributed by atoms with Crippen LogP contribution in [0.3, 0.4) is 0 Å². The van der Waals surface area contributed by atoms with Crippen LogP contribution in [-0.4, -0.2) is 0 Å². The first-order valence-electron chi connectivity index (χ1n) is 5.39. The molecule has 1 N–H and O–H groups in total. The summed E-state index contributed by atoms with van der Waals surface area (Å²) in [5.41, 5.74) is 2.27. The van der Waals surface area contributed by atoms with E-state index < -0.39 is 0 Å². The van der Waals surface area contributed by atoms with E-state index in [9.17, 15) is 8.78 Å². The van der Waals surface area contributed by atoms with Crippen LogP contribution in [0.15, 0.2) is 42.5 Å². The second kappa shape index (κ2) is 4.95. The molecule has 0 aromatic heterocycles. The number of nitrogens with one attached hydrogen (secondary N) is 1. The summed E-state index contributed by atoms with van der Waals surface area (Å²) in [6.45, 7) is 2.23. The molecule has 0 fully saturated rings. The molecule has 0 bridgehead atoms. The van der Waals surface area contributed by atoms with E-state index in [0.717, 1.165) is 11.3 Å². The van der Waals surface area contributed by atoms with Crippen LogP contribution in [-0.2, 0) is 6.54 Å². The molecule has 0 unspecified atom stereocenters. The second-order valence-corrected chi connectivity index (χ2v) is 3.95. The largest absolute Gasteiger partial charge is 0.381 e. The van der Waals surface area contributed by atoms with Gasteiger partial charge in [-0.25, -0.2) is 8.78 Å². The van der Waals surface area contributed by atoms with Gasteiger partial charge >= 0.3 is 0 Å². The number of rotatable bonds is 3. The van der Waals surface area contributed by atoms with E-state index in [1.165, 1.54) is 18.2 Å². The Morgan fingerprint density at radius 1 is 1.06 bits per heavy atom. The summed E-state index contributed by atoms with van der Waals surface area (Å²) < 4.78 is 26.0. The van der Waals surface area contributed by atoms with Crippen LogP contribution < -0.4 is 5.32 Å². The van der Waals surface area contributed by atoms with E-state index >= 15 is 0 Å². The molecule has 0 saturated heterocycles. The number of anilines is 1. The lowest BCUT2D eigenvalue weighted by Crippen LogP contribution is -2.00. The third-order valence-electron chi connectivity index (χ3n) is 2.54. The Morgan fingerprint density at radius 3 is 2.59 bits per heavy atom. The number of halogens is 2. The molecule has 0 amide bonds. The van der Waals surface area contributed by atoms with Crippen LogP contribution in [0.25, 0.3) is 0 Å². The highest BCUT2D eigenvalue weighted by molar-refractivity contribution is 5.46. The van der Waals surface area contributed by atoms with Gasteiger partial charge in [-0.1, -0.05) is 12.1 Å². The molecule has 0 heterocycles. The van der Waals surface area contributed by atoms with Crippen molar-refractivity contribution in [1.82, 2.24) is 0 Å². The molecular weight excluding hydrogens is 220 g/mol. The van der Waals surface area contributed by atoms with Crippen molar-refractivity contribution in [3.8, 4) is 0 Å². The van der Waals surface area contributed by atoms with Gasteiger partial charge in [0, 0.05) is 12.2 Å². The maximum Gasteiger partial charge on any atom is 0.126 e. The molecular formula is C14H13F2N. The summed E-state index contributed by atoms with van der Waals surface area (Å²) in [6, 6.07) is 11.2. The molecule has 0 atom stereocenters. The average Bonchev–Trinajstić information content (AvgIpc) is 2.31. The highest BCUT2D eigenvalue weighted by Gasteiger charge is 1.99. The molecule has 3 heteroatoms. The zero-order valence-electron chi connectivity index (χ0n) is 9.50. The van der Waals surface area contributed by atoms with Gasteiger partial charge in [-0.2, -0.15) is 0 Å². The van der Waals surface area contributed by atoms with Crippen molar-refractivity contribution in [2.75, 3.05) is 5.32 Å². The van der Waals surface area contributed by atoms with Crippen LogP contribution in [0.1, 0.15) is 11.1 Å². The SMILES string of the molecule is Cc1cc(NCc2cccc(F)c2)ccc1F. The Bertz CT molecular complexity index is 523. The first-order chi connectivity index (χ1) is 8.15. The van der Waals surface area contributed by atoms with Gasteiger partial charge in [-0.3, -0.25) is 0 Å². The number of aryl methyl sites for hydroxylation is 1. The molecule has 0 spiro atoms. The molecule has 2 aromatic rings. The molecule has 88 valence electrons. The summed E-state index contributed by atoms with van der Waals surface area (Å²) >= 11 is 0. The zero-order chi connectivity index (χ0) is 12.3. The molecule has 2 rings (SSSR count).